The molecule has 0 bridgehead atoms. The number of rotatable bonds is 11. The largest absolute Gasteiger partial charge is 0.469 e. The van der Waals surface area contributed by atoms with E-state index in [0.717, 1.165) is 50.7 Å². The van der Waals surface area contributed by atoms with Gasteiger partial charge in [-0.2, -0.15) is 0 Å². The van der Waals surface area contributed by atoms with Crippen molar-refractivity contribution in [3.05, 3.63) is 24.2 Å². The van der Waals surface area contributed by atoms with Crippen molar-refractivity contribution >= 4 is 29.5 Å². The monoisotopic (exact) mass is 611 g/mol. The van der Waals surface area contributed by atoms with E-state index in [0.29, 0.717) is 19.4 Å². The number of hydrogen-bond acceptors (Lipinski definition) is 6. The molecule has 4 fully saturated rings. The molecule has 242 valence electrons. The van der Waals surface area contributed by atoms with E-state index in [9.17, 15) is 24.0 Å². The molecule has 2 heterocycles. The smallest absolute Gasteiger partial charge is 0.315 e. The van der Waals surface area contributed by atoms with Crippen LogP contribution in [0.3, 0.4) is 0 Å². The lowest BCUT2D eigenvalue weighted by atomic mass is 9.78. The summed E-state index contributed by atoms with van der Waals surface area (Å²) in [5.41, 5.74) is 4.02. The van der Waals surface area contributed by atoms with E-state index in [-0.39, 0.29) is 29.1 Å². The number of nitrogens with two attached hydrogens (primary N) is 1. The number of carbonyl (C=O) groups is 5. The van der Waals surface area contributed by atoms with Gasteiger partial charge in [0.1, 0.15) is 17.8 Å². The molecule has 3 aliphatic carbocycles. The summed E-state index contributed by atoms with van der Waals surface area (Å²) in [5.74, 6) is -1.58. The maximum absolute atomic E-state index is 14.3. The van der Waals surface area contributed by atoms with Gasteiger partial charge in [0.15, 0.2) is 0 Å². The number of urea groups is 1. The molecule has 1 saturated heterocycles. The number of carbonyl (C=O) groups excluding carboxylic acids is 5. The first-order valence-corrected chi connectivity index (χ1v) is 16.2. The van der Waals surface area contributed by atoms with Crippen LogP contribution >= 0.6 is 0 Å². The highest BCUT2D eigenvalue weighted by atomic mass is 16.3. The van der Waals surface area contributed by atoms with Crippen LogP contribution in [-0.4, -0.2) is 64.6 Å². The van der Waals surface area contributed by atoms with Gasteiger partial charge in [-0.3, -0.25) is 19.2 Å². The van der Waals surface area contributed by atoms with Crippen molar-refractivity contribution in [1.82, 2.24) is 20.9 Å². The van der Waals surface area contributed by atoms with E-state index in [4.69, 9.17) is 10.2 Å². The van der Waals surface area contributed by atoms with Gasteiger partial charge in [-0.15, -0.1) is 0 Å². The Bertz CT molecular complexity index is 1270. The van der Waals surface area contributed by atoms with Crippen molar-refractivity contribution in [2.75, 3.05) is 6.54 Å². The summed E-state index contributed by atoms with van der Waals surface area (Å²) < 4.78 is 5.61. The zero-order valence-corrected chi connectivity index (χ0v) is 26.7. The summed E-state index contributed by atoms with van der Waals surface area (Å²) in [5, 5.41) is 9.00. The molecular weight excluding hydrogens is 562 g/mol. The van der Waals surface area contributed by atoms with Crippen LogP contribution in [-0.2, 0) is 25.6 Å². The second-order valence-corrected chi connectivity index (χ2v) is 15.4. The molecule has 44 heavy (non-hydrogen) atoms. The number of hydrogen-bond donors (Lipinski definition) is 4. The standard InChI is InChI=1S/C33H49N5O6/c1-31(2,3)26(36-30(43)37-33(13-7-6-8-14-33)17-20-10-9-15-44-20)29(42)38-18-21-23(32(21,4)5)24(38)28(41)35-22(16-19-11-12-19)25(39)27(34)40/h9-10,15,19,21-24,26H,6-8,11-14,16-18H2,1-5H3,(H2,34,40)(H,35,41)(H2,36,37,43)/t21-,22?,23-,24-,26+/m0/s1. The summed E-state index contributed by atoms with van der Waals surface area (Å²) in [7, 11) is 0. The normalized spacial score (nSPS) is 26.6. The lowest BCUT2D eigenvalue weighted by Gasteiger charge is -2.40. The van der Waals surface area contributed by atoms with Gasteiger partial charge in [-0.05, 0) is 60.0 Å². The minimum Gasteiger partial charge on any atom is -0.469 e. The third-order valence-corrected chi connectivity index (χ3v) is 10.6. The number of nitrogens with zero attached hydrogens (tertiary/aromatic N) is 1. The fourth-order valence-corrected chi connectivity index (χ4v) is 7.70. The van der Waals surface area contributed by atoms with Crippen LogP contribution in [0.25, 0.3) is 0 Å². The summed E-state index contributed by atoms with van der Waals surface area (Å²) in [6.07, 6.45) is 9.16. The Kier molecular flexibility index (Phi) is 8.63. The Labute approximate surface area is 259 Å². The van der Waals surface area contributed by atoms with E-state index in [1.165, 1.54) is 0 Å². The van der Waals surface area contributed by atoms with E-state index < -0.39 is 52.7 Å². The van der Waals surface area contributed by atoms with Crippen molar-refractivity contribution in [3.63, 3.8) is 0 Å². The van der Waals surface area contributed by atoms with Gasteiger partial charge >= 0.3 is 6.03 Å². The Hall–Kier alpha value is -3.37. The summed E-state index contributed by atoms with van der Waals surface area (Å²) in [6.45, 7) is 10.2. The fourth-order valence-electron chi connectivity index (χ4n) is 7.70. The van der Waals surface area contributed by atoms with E-state index in [2.05, 4.69) is 29.8 Å². The number of furan rings is 1. The summed E-state index contributed by atoms with van der Waals surface area (Å²) >= 11 is 0. The Balaban J connectivity index is 1.33. The number of piperidine rings is 1. The molecule has 11 nitrogen and oxygen atoms in total. The average Bonchev–Trinajstić information content (AvgIpc) is 3.66. The molecule has 0 spiro atoms. The molecule has 5 atom stereocenters. The molecule has 1 aliphatic heterocycles. The second-order valence-electron chi connectivity index (χ2n) is 15.4. The molecule has 0 radical (unpaired) electrons. The first-order chi connectivity index (χ1) is 20.6. The number of likely N-dealkylation sites (tertiary alicyclic amines) is 1. The van der Waals surface area contributed by atoms with Crippen LogP contribution in [0, 0.1) is 28.6 Å². The van der Waals surface area contributed by atoms with Crippen LogP contribution < -0.4 is 21.7 Å². The third-order valence-electron chi connectivity index (χ3n) is 10.6. The van der Waals surface area contributed by atoms with Gasteiger partial charge < -0.3 is 31.0 Å². The minimum atomic E-state index is -1.08. The van der Waals surface area contributed by atoms with Crippen LogP contribution in [0.1, 0.15) is 91.7 Å². The number of nitrogens with one attached hydrogen (secondary N) is 3. The lowest BCUT2D eigenvalue weighted by Crippen LogP contribution is -2.63. The topological polar surface area (TPSA) is 164 Å². The van der Waals surface area contributed by atoms with E-state index in [1.54, 1.807) is 11.2 Å². The maximum atomic E-state index is 14.3. The van der Waals surface area contributed by atoms with Gasteiger partial charge in [0, 0.05) is 18.5 Å². The second kappa shape index (κ2) is 11.9. The highest BCUT2D eigenvalue weighted by Gasteiger charge is 2.70. The molecule has 1 aromatic rings. The minimum absolute atomic E-state index is 0.0926. The Morgan fingerprint density at radius 3 is 2.32 bits per heavy atom. The molecule has 4 aliphatic rings. The molecule has 11 heteroatoms. The molecule has 5 N–H and O–H groups in total. The number of amides is 5. The van der Waals surface area contributed by atoms with Gasteiger partial charge in [0.05, 0.1) is 12.3 Å². The third kappa shape index (κ3) is 6.66. The molecule has 1 aromatic heterocycles. The highest BCUT2D eigenvalue weighted by molar-refractivity contribution is 6.37. The number of primary amides is 1. The van der Waals surface area contributed by atoms with Gasteiger partial charge in [-0.25, -0.2) is 4.79 Å². The number of Topliss-reactive ketones (excluding diaryl/α,β-unsaturated/α-hetero) is 1. The molecule has 5 amide bonds. The van der Waals surface area contributed by atoms with Crippen molar-refractivity contribution in [2.45, 2.75) is 116 Å². The van der Waals surface area contributed by atoms with E-state index >= 15 is 0 Å². The molecule has 0 aromatic carbocycles. The zero-order valence-electron chi connectivity index (χ0n) is 26.7. The Morgan fingerprint density at radius 1 is 1.07 bits per heavy atom. The van der Waals surface area contributed by atoms with Crippen LogP contribution in [0.5, 0.6) is 0 Å². The summed E-state index contributed by atoms with van der Waals surface area (Å²) in [4.78, 5) is 67.7. The van der Waals surface area contributed by atoms with Crippen LogP contribution in [0.2, 0.25) is 0 Å². The van der Waals surface area contributed by atoms with Crippen molar-refractivity contribution in [2.24, 2.45) is 34.3 Å². The zero-order chi connectivity index (χ0) is 32.0. The lowest BCUT2D eigenvalue weighted by molar-refractivity contribution is -0.145. The molecular formula is C33H49N5O6. The predicted octanol–water partition coefficient (Wildman–Crippen LogP) is 3.06. The van der Waals surface area contributed by atoms with Crippen molar-refractivity contribution in [1.29, 1.82) is 0 Å². The average molecular weight is 612 g/mol. The maximum Gasteiger partial charge on any atom is 0.315 e. The first-order valence-electron chi connectivity index (χ1n) is 16.2. The van der Waals surface area contributed by atoms with Crippen LogP contribution in [0.4, 0.5) is 4.79 Å². The predicted molar refractivity (Wildman–Crippen MR) is 163 cm³/mol. The number of fused-ring (bicyclic) bond motifs is 1. The fraction of sp³-hybridized carbons (Fsp3) is 0.727. The van der Waals surface area contributed by atoms with E-state index in [1.807, 2.05) is 32.9 Å². The number of ketones is 1. The van der Waals surface area contributed by atoms with Crippen molar-refractivity contribution in [3.8, 4) is 0 Å². The Morgan fingerprint density at radius 2 is 1.75 bits per heavy atom. The molecule has 3 saturated carbocycles. The quantitative estimate of drug-likeness (QED) is 0.281. The molecule has 1 unspecified atom stereocenters. The van der Waals surface area contributed by atoms with Gasteiger partial charge in [-0.1, -0.05) is 66.7 Å². The summed E-state index contributed by atoms with van der Waals surface area (Å²) in [6, 6.07) is 0.602. The molecule has 5 rings (SSSR count). The SMILES string of the molecule is CC(C)(C)[C@H](NC(=O)NC1(Cc2ccco2)CCCCC1)C(=O)N1C[C@H]2[C@@H]([C@H]1C(=O)NC(CC1CC1)C(=O)C(N)=O)C2(C)C. The van der Waals surface area contributed by atoms with Gasteiger partial charge in [0.25, 0.3) is 5.91 Å². The first kappa shape index (κ1) is 32.0. The van der Waals surface area contributed by atoms with Crippen molar-refractivity contribution < 1.29 is 28.4 Å². The van der Waals surface area contributed by atoms with Gasteiger partial charge in [0.2, 0.25) is 17.6 Å². The highest BCUT2D eigenvalue weighted by Crippen LogP contribution is 2.65. The van der Waals surface area contributed by atoms with Crippen LogP contribution in [0.15, 0.2) is 22.8 Å².